The molecule has 2 aromatic carbocycles. The Morgan fingerprint density at radius 2 is 1.73 bits per heavy atom. The number of phenols is 1. The fraction of sp³-hybridized carbons (Fsp3) is 0.259. The first-order valence-electron chi connectivity index (χ1n) is 11.7. The van der Waals surface area contributed by atoms with Gasteiger partial charge in [-0.3, -0.25) is 14.6 Å². The molecular weight excluding hydrogens is 481 g/mol. The van der Waals surface area contributed by atoms with E-state index in [1.807, 2.05) is 0 Å². The summed E-state index contributed by atoms with van der Waals surface area (Å²) in [4.78, 5) is 42.3. The number of carbonyl (C=O) groups excluding carboxylic acids is 3. The number of hydrogen-bond donors (Lipinski definition) is 3. The molecule has 0 aliphatic carbocycles. The van der Waals surface area contributed by atoms with Crippen molar-refractivity contribution in [2.75, 3.05) is 20.2 Å². The number of nitrogens with one attached hydrogen (secondary N) is 2. The number of carbonyl (C=O) groups is 3. The number of phenolic OH excluding ortho intramolecular Hbond substituents is 1. The molecule has 10 heteroatoms. The predicted molar refractivity (Wildman–Crippen MR) is 131 cm³/mol. The van der Waals surface area contributed by atoms with Crippen LogP contribution in [0.2, 0.25) is 0 Å². The van der Waals surface area contributed by atoms with Gasteiger partial charge >= 0.3 is 5.97 Å². The molecule has 192 valence electrons. The molecule has 1 fully saturated rings. The van der Waals surface area contributed by atoms with E-state index in [1.54, 1.807) is 12.1 Å². The van der Waals surface area contributed by atoms with E-state index < -0.39 is 41.0 Å². The summed E-state index contributed by atoms with van der Waals surface area (Å²) in [5.74, 6) is -3.35. The van der Waals surface area contributed by atoms with Gasteiger partial charge in [-0.05, 0) is 55.8 Å². The summed E-state index contributed by atoms with van der Waals surface area (Å²) in [6.45, 7) is 1.15. The van der Waals surface area contributed by atoms with Gasteiger partial charge < -0.3 is 25.2 Å². The normalized spacial score (nSPS) is 17.4. The van der Waals surface area contributed by atoms with Crippen LogP contribution < -0.4 is 15.4 Å². The third kappa shape index (κ3) is 5.92. The van der Waals surface area contributed by atoms with Crippen LogP contribution in [0.25, 0.3) is 0 Å². The Balaban J connectivity index is 1.47. The Bertz CT molecular complexity index is 1280. The summed E-state index contributed by atoms with van der Waals surface area (Å²) in [7, 11) is 1.25. The highest BCUT2D eigenvalue weighted by Gasteiger charge is 2.29. The van der Waals surface area contributed by atoms with Crippen LogP contribution in [0.5, 0.6) is 11.5 Å². The number of benzene rings is 2. The standard InChI is InChI=1S/C27H26FN3O6/c1-36-22-9-8-20(32)23(24(22)28)25(33)16-4-6-18(7-5-16)27(35)37-21-3-2-12-30-15-19(21)31-26(34)17-10-13-29-14-11-17/h4-11,13-14,19,21,30,32H,2-3,12,15H2,1H3,(H,31,34)/t19-,21?/m1/s1. The Kier molecular flexibility index (Phi) is 8.09. The molecule has 0 spiro atoms. The van der Waals surface area contributed by atoms with Crippen LogP contribution in [0.1, 0.15) is 49.5 Å². The largest absolute Gasteiger partial charge is 0.507 e. The van der Waals surface area contributed by atoms with Crippen LogP contribution in [0.15, 0.2) is 60.9 Å². The Morgan fingerprint density at radius 3 is 2.43 bits per heavy atom. The van der Waals surface area contributed by atoms with Gasteiger partial charge in [-0.1, -0.05) is 12.1 Å². The number of aromatic nitrogens is 1. The smallest absolute Gasteiger partial charge is 0.338 e. The average molecular weight is 508 g/mol. The predicted octanol–water partition coefficient (Wildman–Crippen LogP) is 2.87. The van der Waals surface area contributed by atoms with E-state index in [9.17, 15) is 23.9 Å². The van der Waals surface area contributed by atoms with Crippen LogP contribution >= 0.6 is 0 Å². The highest BCUT2D eigenvalue weighted by molar-refractivity contribution is 6.11. The lowest BCUT2D eigenvalue weighted by atomic mass is 10.00. The summed E-state index contributed by atoms with van der Waals surface area (Å²) >= 11 is 0. The molecule has 1 aromatic heterocycles. The maximum atomic E-state index is 14.6. The minimum Gasteiger partial charge on any atom is -0.507 e. The van der Waals surface area contributed by atoms with Crippen molar-refractivity contribution in [1.29, 1.82) is 0 Å². The molecule has 1 unspecified atom stereocenters. The van der Waals surface area contributed by atoms with E-state index in [0.717, 1.165) is 13.0 Å². The Labute approximate surface area is 212 Å². The molecule has 9 nitrogen and oxygen atoms in total. The van der Waals surface area contributed by atoms with Crippen LogP contribution in [0.4, 0.5) is 4.39 Å². The van der Waals surface area contributed by atoms with E-state index in [-0.39, 0.29) is 22.8 Å². The third-order valence-electron chi connectivity index (χ3n) is 6.09. The van der Waals surface area contributed by atoms with Crippen LogP contribution in [-0.2, 0) is 4.74 Å². The number of aromatic hydroxyl groups is 1. The molecule has 3 N–H and O–H groups in total. The van der Waals surface area contributed by atoms with Crippen molar-refractivity contribution in [1.82, 2.24) is 15.6 Å². The molecule has 2 atom stereocenters. The first kappa shape index (κ1) is 25.8. The van der Waals surface area contributed by atoms with E-state index in [0.29, 0.717) is 18.5 Å². The minimum atomic E-state index is -0.974. The lowest BCUT2D eigenvalue weighted by molar-refractivity contribution is 0.0192. The van der Waals surface area contributed by atoms with Gasteiger partial charge in [-0.25, -0.2) is 9.18 Å². The van der Waals surface area contributed by atoms with Crippen molar-refractivity contribution >= 4 is 17.7 Å². The fourth-order valence-electron chi connectivity index (χ4n) is 4.09. The topological polar surface area (TPSA) is 127 Å². The molecule has 37 heavy (non-hydrogen) atoms. The highest BCUT2D eigenvalue weighted by Crippen LogP contribution is 2.30. The Hall–Kier alpha value is -4.31. The molecular formula is C27H26FN3O6. The first-order chi connectivity index (χ1) is 17.9. The zero-order valence-electron chi connectivity index (χ0n) is 20.1. The summed E-state index contributed by atoms with van der Waals surface area (Å²) in [6.07, 6.45) is 3.78. The van der Waals surface area contributed by atoms with Gasteiger partial charge in [0.2, 0.25) is 0 Å². The number of amides is 1. The van der Waals surface area contributed by atoms with Gasteiger partial charge in [-0.15, -0.1) is 0 Å². The van der Waals surface area contributed by atoms with Gasteiger partial charge in [0.05, 0.1) is 18.7 Å². The second-order valence-electron chi connectivity index (χ2n) is 8.49. The lowest BCUT2D eigenvalue weighted by Gasteiger charge is -2.26. The van der Waals surface area contributed by atoms with E-state index in [2.05, 4.69) is 15.6 Å². The SMILES string of the molecule is COc1ccc(O)c(C(=O)c2ccc(C(=O)OC3CCCNC[C@H]3NC(=O)c3ccncc3)cc2)c1F. The molecule has 0 radical (unpaired) electrons. The van der Waals surface area contributed by atoms with Crippen molar-refractivity contribution < 1.29 is 33.4 Å². The molecule has 0 saturated carbocycles. The molecule has 1 aliphatic heterocycles. The number of halogens is 1. The first-order valence-corrected chi connectivity index (χ1v) is 11.7. The lowest BCUT2D eigenvalue weighted by Crippen LogP contribution is -2.49. The second-order valence-corrected chi connectivity index (χ2v) is 8.49. The van der Waals surface area contributed by atoms with Gasteiger partial charge in [-0.2, -0.15) is 0 Å². The quantitative estimate of drug-likeness (QED) is 0.329. The van der Waals surface area contributed by atoms with Gasteiger partial charge in [0.25, 0.3) is 5.91 Å². The van der Waals surface area contributed by atoms with Gasteiger partial charge in [0, 0.05) is 30.1 Å². The zero-order valence-corrected chi connectivity index (χ0v) is 20.1. The molecule has 1 saturated heterocycles. The van der Waals surface area contributed by atoms with Crippen molar-refractivity contribution in [2.24, 2.45) is 0 Å². The number of esters is 1. The maximum Gasteiger partial charge on any atom is 0.338 e. The van der Waals surface area contributed by atoms with E-state index in [1.165, 1.54) is 55.9 Å². The number of hydrogen-bond acceptors (Lipinski definition) is 8. The molecule has 0 bridgehead atoms. The van der Waals surface area contributed by atoms with Crippen molar-refractivity contribution in [3.05, 3.63) is 89.0 Å². The number of rotatable bonds is 7. The van der Waals surface area contributed by atoms with Crippen LogP contribution in [-0.4, -0.2) is 60.1 Å². The number of methoxy groups -OCH3 is 1. The maximum absolute atomic E-state index is 14.6. The highest BCUT2D eigenvalue weighted by atomic mass is 19.1. The summed E-state index contributed by atoms with van der Waals surface area (Å²) in [5, 5.41) is 16.2. The van der Waals surface area contributed by atoms with Crippen LogP contribution in [0, 0.1) is 5.82 Å². The van der Waals surface area contributed by atoms with Gasteiger partial charge in [0.15, 0.2) is 17.3 Å². The summed E-state index contributed by atoms with van der Waals surface area (Å²) in [5.41, 5.74) is 0.181. The third-order valence-corrected chi connectivity index (χ3v) is 6.09. The average Bonchev–Trinajstić information content (AvgIpc) is 3.14. The fourth-order valence-corrected chi connectivity index (χ4v) is 4.09. The molecule has 1 amide bonds. The molecule has 2 heterocycles. The molecule has 1 aliphatic rings. The van der Waals surface area contributed by atoms with Crippen molar-refractivity contribution in [2.45, 2.75) is 25.0 Å². The molecule has 4 rings (SSSR count). The van der Waals surface area contributed by atoms with Crippen LogP contribution in [0.3, 0.4) is 0 Å². The second kappa shape index (κ2) is 11.6. The minimum absolute atomic E-state index is 0.0696. The number of ketones is 1. The molecule has 3 aromatic rings. The Morgan fingerprint density at radius 1 is 1.03 bits per heavy atom. The van der Waals surface area contributed by atoms with Crippen molar-refractivity contribution in [3.63, 3.8) is 0 Å². The number of ether oxygens (including phenoxy) is 2. The number of nitrogens with zero attached hydrogens (tertiary/aromatic N) is 1. The number of pyridine rings is 1. The monoisotopic (exact) mass is 507 g/mol. The van der Waals surface area contributed by atoms with E-state index in [4.69, 9.17) is 9.47 Å². The summed E-state index contributed by atoms with van der Waals surface area (Å²) in [6, 6.07) is 10.6. The van der Waals surface area contributed by atoms with Gasteiger partial charge in [0.1, 0.15) is 17.4 Å². The summed E-state index contributed by atoms with van der Waals surface area (Å²) < 4.78 is 25.2. The van der Waals surface area contributed by atoms with E-state index >= 15 is 0 Å². The zero-order chi connectivity index (χ0) is 26.4. The van der Waals surface area contributed by atoms with Crippen molar-refractivity contribution in [3.8, 4) is 11.5 Å².